The van der Waals surface area contributed by atoms with Gasteiger partial charge < -0.3 is 0 Å². The van der Waals surface area contributed by atoms with Gasteiger partial charge >= 0.3 is 327 Å². The predicted molar refractivity (Wildman–Crippen MR) is 268 cm³/mol. The van der Waals surface area contributed by atoms with Gasteiger partial charge in [-0.15, -0.1) is 0 Å². The van der Waals surface area contributed by atoms with Crippen LogP contribution in [-0.2, 0) is 24.8 Å². The minimum atomic E-state index is -0.156. The normalized spacial score (nSPS) is 11.8. The molecule has 66 heavy (non-hydrogen) atoms. The van der Waals surface area contributed by atoms with E-state index in [1.807, 2.05) is 30.7 Å². The molecule has 0 bridgehead atoms. The topological polar surface area (TPSA) is 43.8 Å². The third kappa shape index (κ3) is 7.13. The van der Waals surface area contributed by atoms with E-state index in [1.54, 1.807) is 0 Å². The molecule has 0 amide bonds. The van der Waals surface area contributed by atoms with Crippen molar-refractivity contribution in [1.29, 1.82) is 0 Å². The van der Waals surface area contributed by atoms with E-state index >= 15 is 0 Å². The molecule has 0 unspecified atom stereocenters. The number of benzene rings is 7. The van der Waals surface area contributed by atoms with Crippen LogP contribution in [0.4, 0.5) is 11.4 Å². The van der Waals surface area contributed by atoms with E-state index in [4.69, 9.17) is 4.98 Å². The zero-order valence-electron chi connectivity index (χ0n) is 37.4. The van der Waals surface area contributed by atoms with E-state index in [1.165, 1.54) is 5.56 Å². The Bertz CT molecular complexity index is 3610. The van der Waals surface area contributed by atoms with Gasteiger partial charge in [0.05, 0.1) is 0 Å². The number of para-hydroxylation sites is 4. The van der Waals surface area contributed by atoms with Crippen molar-refractivity contribution in [2.75, 3.05) is 11.9 Å². The second-order valence-corrected chi connectivity index (χ2v) is 18.9. The summed E-state index contributed by atoms with van der Waals surface area (Å²) in [5.41, 5.74) is 17.2. The Labute approximate surface area is 396 Å². The molecular formula is C59H46N6Pt-2. The zero-order chi connectivity index (χ0) is 45.1. The van der Waals surface area contributed by atoms with Crippen molar-refractivity contribution >= 4 is 44.2 Å². The van der Waals surface area contributed by atoms with Gasteiger partial charge in [0.15, 0.2) is 0 Å². The fourth-order valence-corrected chi connectivity index (χ4v) is 10.3. The molecular weight excluding hydrogens is 988 g/mol. The molecule has 0 aliphatic rings. The Morgan fingerprint density at radius 2 is 1.15 bits per heavy atom. The molecule has 11 aromatic rings. The molecule has 4 heterocycles. The number of aryl methyl sites for hydroxylation is 1. The van der Waals surface area contributed by atoms with E-state index in [2.05, 4.69) is 248 Å². The zero-order valence-corrected chi connectivity index (χ0v) is 39.7. The number of hydrogen-bond acceptors (Lipinski definition) is 3. The van der Waals surface area contributed by atoms with Gasteiger partial charge in [-0.25, -0.2) is 0 Å². The number of nitrogens with zero attached hydrogens (tertiary/aromatic N) is 6. The van der Waals surface area contributed by atoms with E-state index in [-0.39, 0.29) is 5.41 Å². The van der Waals surface area contributed by atoms with Gasteiger partial charge in [0, 0.05) is 24.2 Å². The maximum atomic E-state index is 5.07. The Morgan fingerprint density at radius 3 is 1.80 bits per heavy atom. The van der Waals surface area contributed by atoms with Crippen LogP contribution in [0.25, 0.3) is 83.4 Å². The number of rotatable bonds is 8. The first-order chi connectivity index (χ1) is 32.1. The smallest absolute Gasteiger partial charge is 0.265 e. The van der Waals surface area contributed by atoms with E-state index in [0.717, 1.165) is 104 Å². The average molecular weight is 1030 g/mol. The van der Waals surface area contributed by atoms with Crippen molar-refractivity contribution in [3.8, 4) is 50.6 Å². The van der Waals surface area contributed by atoms with E-state index < -0.39 is 0 Å². The Hall–Kier alpha value is -7.40. The number of anilines is 2. The van der Waals surface area contributed by atoms with E-state index in [9.17, 15) is 0 Å². The summed E-state index contributed by atoms with van der Waals surface area (Å²) in [6.07, 6.45) is 5.63. The van der Waals surface area contributed by atoms with Crippen molar-refractivity contribution < 1.29 is 19.4 Å². The predicted octanol–water partition coefficient (Wildman–Crippen LogP) is 14.4. The standard InChI is InChI=1S/C59H46N6.Pt/c1-40-33-57(61-38-52(40)43-29-31-60-32-30-43)65-53-24-13-12-21-50(53)51-28-27-45(37-56(51)65)62(5)46-34-44(59(2,3)4)35-47(36-46)63-39-64(55-26-15-14-25-54(55)63)58-48(41-17-8-6-9-18-41)22-16-23-49(58)42-19-10-7-11-20-42;/h6-35,38H,1-5H3;/q-2;. The summed E-state index contributed by atoms with van der Waals surface area (Å²) in [6.45, 7) is 8.99. The summed E-state index contributed by atoms with van der Waals surface area (Å²) in [5.74, 6) is 0.850. The van der Waals surface area contributed by atoms with Gasteiger partial charge in [-0.05, 0) is 30.2 Å². The molecule has 0 atom stereocenters. The SMILES string of the molecule is Cc1cc(-n2c3[c-]c(N(C)c4[c-]c(-n5[c](=[Pt])n(-c6c(-c7ccccc7)cccc6-c6ccccc6)c6ccccc65)cc(C(C)(C)C)c4)ccc3c3ccccc32)ncc1-c1ccncc1. The Balaban J connectivity index is 1.09. The van der Waals surface area contributed by atoms with Crippen molar-refractivity contribution in [2.24, 2.45) is 0 Å². The Morgan fingerprint density at radius 1 is 0.545 bits per heavy atom. The van der Waals surface area contributed by atoms with Gasteiger partial charge in [0.2, 0.25) is 0 Å². The van der Waals surface area contributed by atoms with Gasteiger partial charge in [0.25, 0.3) is 0 Å². The molecule has 11 rings (SSSR count). The number of pyridine rings is 2. The number of imidazole rings is 1. The molecule has 0 saturated carbocycles. The van der Waals surface area contributed by atoms with Crippen molar-refractivity contribution in [1.82, 2.24) is 23.7 Å². The fourth-order valence-electron chi connectivity index (χ4n) is 9.26. The van der Waals surface area contributed by atoms with Crippen molar-refractivity contribution in [3.63, 3.8) is 0 Å². The fraction of sp³-hybridized carbons (Fsp3) is 0.102. The summed E-state index contributed by atoms with van der Waals surface area (Å²) in [5, 5.41) is 2.28. The molecule has 324 valence electrons. The summed E-state index contributed by atoms with van der Waals surface area (Å²) in [6, 6.07) is 68.4. The summed E-state index contributed by atoms with van der Waals surface area (Å²) >= 11 is 2.53. The second kappa shape index (κ2) is 16.5. The summed E-state index contributed by atoms with van der Waals surface area (Å²) in [4.78, 5) is 11.5. The van der Waals surface area contributed by atoms with Crippen LogP contribution in [0.3, 0.4) is 0 Å². The number of hydrogen-bond donors (Lipinski definition) is 0. The van der Waals surface area contributed by atoms with Crippen LogP contribution >= 0.6 is 0 Å². The van der Waals surface area contributed by atoms with Crippen LogP contribution in [-0.4, -0.2) is 30.7 Å². The van der Waals surface area contributed by atoms with Gasteiger partial charge in [-0.2, -0.15) is 0 Å². The molecule has 0 aliphatic heterocycles. The molecule has 4 aromatic heterocycles. The molecule has 6 nitrogen and oxygen atoms in total. The van der Waals surface area contributed by atoms with Crippen LogP contribution in [0.5, 0.6) is 0 Å². The van der Waals surface area contributed by atoms with Crippen LogP contribution < -0.4 is 4.90 Å². The van der Waals surface area contributed by atoms with Crippen molar-refractivity contribution in [2.45, 2.75) is 33.1 Å². The first-order valence-electron chi connectivity index (χ1n) is 22.2. The summed E-state index contributed by atoms with van der Waals surface area (Å²) in [7, 11) is 2.12. The van der Waals surface area contributed by atoms with Crippen LogP contribution in [0, 0.1) is 22.9 Å². The molecule has 7 aromatic carbocycles. The third-order valence-corrected chi connectivity index (χ3v) is 13.7. The first kappa shape index (κ1) is 41.3. The molecule has 0 N–H and O–H groups in total. The molecule has 0 aliphatic carbocycles. The molecule has 7 heteroatoms. The summed E-state index contributed by atoms with van der Waals surface area (Å²) < 4.78 is 8.09. The van der Waals surface area contributed by atoms with Gasteiger partial charge in [0.1, 0.15) is 0 Å². The van der Waals surface area contributed by atoms with Gasteiger partial charge in [-0.3, -0.25) is 4.98 Å². The van der Waals surface area contributed by atoms with Crippen LogP contribution in [0.2, 0.25) is 0 Å². The average Bonchev–Trinajstić information content (AvgIpc) is 3.84. The first-order valence-corrected chi connectivity index (χ1v) is 23.3. The maximum absolute atomic E-state index is 5.07. The quantitative estimate of drug-likeness (QED) is 0.142. The minimum Gasteiger partial charge on any atom is -0.265 e. The number of fused-ring (bicyclic) bond motifs is 4. The molecule has 0 radical (unpaired) electrons. The molecule has 0 spiro atoms. The van der Waals surface area contributed by atoms with E-state index in [0.29, 0.717) is 0 Å². The number of aromatic nitrogens is 5. The Kier molecular flexibility index (Phi) is 10.4. The second-order valence-electron chi connectivity index (χ2n) is 17.8. The van der Waals surface area contributed by atoms with Crippen LogP contribution in [0.15, 0.2) is 188 Å². The monoisotopic (exact) mass is 1030 g/mol. The molecule has 0 saturated heterocycles. The van der Waals surface area contributed by atoms with Gasteiger partial charge in [-0.1, -0.05) is 12.1 Å². The van der Waals surface area contributed by atoms with Crippen LogP contribution in [0.1, 0.15) is 31.9 Å². The third-order valence-electron chi connectivity index (χ3n) is 12.7. The molecule has 0 fully saturated rings. The van der Waals surface area contributed by atoms with Crippen molar-refractivity contribution in [3.05, 3.63) is 216 Å². The minimum absolute atomic E-state index is 0.156.